The van der Waals surface area contributed by atoms with Gasteiger partial charge in [-0.2, -0.15) is 14.0 Å². The van der Waals surface area contributed by atoms with Crippen LogP contribution in [0.2, 0.25) is 5.02 Å². The Morgan fingerprint density at radius 1 is 1.15 bits per heavy atom. The minimum atomic E-state index is -3.00. The maximum Gasteiger partial charge on any atom is 0.387 e. The van der Waals surface area contributed by atoms with E-state index < -0.39 is 6.61 Å². The van der Waals surface area contributed by atoms with Crippen LogP contribution in [0.4, 0.5) is 8.78 Å². The Bertz CT molecular complexity index is 939. The Hall–Kier alpha value is -3.18. The first-order valence-electron chi connectivity index (χ1n) is 7.34. The quantitative estimate of drug-likeness (QED) is 0.697. The lowest BCUT2D eigenvalue weighted by atomic mass is 10.1. The number of nitrogens with one attached hydrogen (secondary N) is 1. The third-order valence-corrected chi connectivity index (χ3v) is 3.61. The van der Waals surface area contributed by atoms with Gasteiger partial charge in [0.25, 0.3) is 0 Å². The summed E-state index contributed by atoms with van der Waals surface area (Å²) in [6, 6.07) is 13.1. The molecule has 0 saturated carbocycles. The van der Waals surface area contributed by atoms with Gasteiger partial charge < -0.3 is 9.47 Å². The van der Waals surface area contributed by atoms with Crippen molar-refractivity contribution in [1.82, 2.24) is 15.4 Å². The van der Waals surface area contributed by atoms with Gasteiger partial charge in [-0.25, -0.2) is 5.10 Å². The summed E-state index contributed by atoms with van der Waals surface area (Å²) in [6.45, 7) is -2.80. The highest BCUT2D eigenvalue weighted by atomic mass is 35.5. The molecule has 3 aromatic rings. The highest BCUT2D eigenvalue weighted by Gasteiger charge is 2.14. The maximum absolute atomic E-state index is 12.6. The fourth-order valence-electron chi connectivity index (χ4n) is 2.22. The standard InChI is InChI=1S/C17H11ClF2N4O2/c18-12-3-1-10(2-4-12)9-25-13-5-11(6-14(7-13)26-17(19)20)16-15(8-21)22-24-23-16/h1-7,17H,9H2,(H,22,23,24). The van der Waals surface area contributed by atoms with Gasteiger partial charge in [-0.1, -0.05) is 28.9 Å². The average Bonchev–Trinajstić information content (AvgIpc) is 3.09. The molecule has 0 unspecified atom stereocenters. The second kappa shape index (κ2) is 7.80. The Morgan fingerprint density at radius 3 is 2.58 bits per heavy atom. The summed E-state index contributed by atoms with van der Waals surface area (Å²) in [5, 5.41) is 19.5. The molecule has 0 spiro atoms. The second-order valence-electron chi connectivity index (χ2n) is 5.13. The molecular weight excluding hydrogens is 366 g/mol. The van der Waals surface area contributed by atoms with Crippen LogP contribution >= 0.6 is 11.6 Å². The lowest BCUT2D eigenvalue weighted by Crippen LogP contribution is -2.03. The zero-order valence-electron chi connectivity index (χ0n) is 13.1. The summed E-state index contributed by atoms with van der Waals surface area (Å²) < 4.78 is 35.3. The number of aromatic amines is 1. The lowest BCUT2D eigenvalue weighted by molar-refractivity contribution is -0.0499. The highest BCUT2D eigenvalue weighted by molar-refractivity contribution is 6.30. The first kappa shape index (κ1) is 17.6. The molecule has 0 aliphatic carbocycles. The van der Waals surface area contributed by atoms with Crippen molar-refractivity contribution in [3.05, 3.63) is 58.7 Å². The van der Waals surface area contributed by atoms with Gasteiger partial charge in [0.2, 0.25) is 0 Å². The van der Waals surface area contributed by atoms with Crippen LogP contribution in [0, 0.1) is 11.3 Å². The molecule has 0 amide bonds. The van der Waals surface area contributed by atoms with Crippen LogP contribution in [0.3, 0.4) is 0 Å². The summed E-state index contributed by atoms with van der Waals surface area (Å²) in [7, 11) is 0. The number of rotatable bonds is 6. The molecule has 0 atom stereocenters. The molecule has 0 aliphatic rings. The van der Waals surface area contributed by atoms with E-state index >= 15 is 0 Å². The molecular formula is C17H11ClF2N4O2. The summed E-state index contributed by atoms with van der Waals surface area (Å²) >= 11 is 5.83. The third kappa shape index (κ3) is 4.26. The SMILES string of the molecule is N#Cc1[nH]nnc1-c1cc(OCc2ccc(Cl)cc2)cc(OC(F)F)c1. The molecule has 0 aliphatic heterocycles. The van der Waals surface area contributed by atoms with E-state index in [0.717, 1.165) is 5.56 Å². The van der Waals surface area contributed by atoms with E-state index in [1.807, 2.05) is 6.07 Å². The van der Waals surface area contributed by atoms with Gasteiger partial charge in [0.15, 0.2) is 5.69 Å². The minimum absolute atomic E-state index is 0.0999. The van der Waals surface area contributed by atoms with Crippen LogP contribution in [-0.2, 0) is 6.61 Å². The molecule has 2 aromatic carbocycles. The maximum atomic E-state index is 12.6. The summed E-state index contributed by atoms with van der Waals surface area (Å²) in [6.07, 6.45) is 0. The smallest absolute Gasteiger partial charge is 0.387 e. The largest absolute Gasteiger partial charge is 0.489 e. The number of halogens is 3. The van der Waals surface area contributed by atoms with Crippen LogP contribution in [0.5, 0.6) is 11.5 Å². The van der Waals surface area contributed by atoms with Gasteiger partial charge in [-0.3, -0.25) is 0 Å². The van der Waals surface area contributed by atoms with Crippen molar-refractivity contribution in [3.63, 3.8) is 0 Å². The van der Waals surface area contributed by atoms with Crippen molar-refractivity contribution in [2.45, 2.75) is 13.2 Å². The number of aromatic nitrogens is 3. The molecule has 132 valence electrons. The lowest BCUT2D eigenvalue weighted by Gasteiger charge is -2.11. The van der Waals surface area contributed by atoms with E-state index in [4.69, 9.17) is 21.6 Å². The fourth-order valence-corrected chi connectivity index (χ4v) is 2.34. The van der Waals surface area contributed by atoms with Gasteiger partial charge in [0.1, 0.15) is 29.9 Å². The van der Waals surface area contributed by atoms with Crippen molar-refractivity contribution in [2.24, 2.45) is 0 Å². The number of hydrogen-bond donors (Lipinski definition) is 1. The number of benzene rings is 2. The first-order valence-corrected chi connectivity index (χ1v) is 7.71. The highest BCUT2D eigenvalue weighted by Crippen LogP contribution is 2.31. The fraction of sp³-hybridized carbons (Fsp3) is 0.118. The number of alkyl halides is 2. The molecule has 0 radical (unpaired) electrons. The summed E-state index contributed by atoms with van der Waals surface area (Å²) in [5.74, 6) is 0.162. The monoisotopic (exact) mass is 376 g/mol. The number of nitriles is 1. The predicted molar refractivity (Wildman–Crippen MR) is 88.9 cm³/mol. The van der Waals surface area contributed by atoms with Gasteiger partial charge in [-0.05, 0) is 29.8 Å². The van der Waals surface area contributed by atoms with E-state index in [-0.39, 0.29) is 29.5 Å². The van der Waals surface area contributed by atoms with Crippen LogP contribution in [0.25, 0.3) is 11.3 Å². The van der Waals surface area contributed by atoms with Crippen molar-refractivity contribution in [3.8, 4) is 28.8 Å². The zero-order chi connectivity index (χ0) is 18.5. The van der Waals surface area contributed by atoms with Crippen LogP contribution in [0.15, 0.2) is 42.5 Å². The third-order valence-electron chi connectivity index (χ3n) is 3.36. The molecule has 26 heavy (non-hydrogen) atoms. The van der Waals surface area contributed by atoms with Gasteiger partial charge in [0, 0.05) is 16.7 Å². The van der Waals surface area contributed by atoms with Crippen molar-refractivity contribution in [1.29, 1.82) is 5.26 Å². The summed E-state index contributed by atoms with van der Waals surface area (Å²) in [5.41, 5.74) is 1.52. The van der Waals surface area contributed by atoms with Gasteiger partial charge in [0.05, 0.1) is 0 Å². The molecule has 1 N–H and O–H groups in total. The van der Waals surface area contributed by atoms with E-state index in [1.54, 1.807) is 30.3 Å². The molecule has 6 nitrogen and oxygen atoms in total. The van der Waals surface area contributed by atoms with Crippen LogP contribution < -0.4 is 9.47 Å². The molecule has 1 aromatic heterocycles. The van der Waals surface area contributed by atoms with E-state index in [0.29, 0.717) is 10.6 Å². The van der Waals surface area contributed by atoms with E-state index in [2.05, 4.69) is 20.1 Å². The molecule has 3 rings (SSSR count). The number of nitrogens with zero attached hydrogens (tertiary/aromatic N) is 3. The second-order valence-corrected chi connectivity index (χ2v) is 5.57. The van der Waals surface area contributed by atoms with Gasteiger partial charge in [-0.15, -0.1) is 5.10 Å². The van der Waals surface area contributed by atoms with Crippen molar-refractivity contribution >= 4 is 11.6 Å². The molecule has 0 bridgehead atoms. The number of ether oxygens (including phenoxy) is 2. The Labute approximate surface area is 151 Å². The van der Waals surface area contributed by atoms with Gasteiger partial charge >= 0.3 is 6.61 Å². The first-order chi connectivity index (χ1) is 12.5. The predicted octanol–water partition coefficient (Wildman–Crippen LogP) is 4.18. The Morgan fingerprint density at radius 2 is 1.88 bits per heavy atom. The number of hydrogen-bond acceptors (Lipinski definition) is 5. The molecule has 0 fully saturated rings. The van der Waals surface area contributed by atoms with E-state index in [9.17, 15) is 8.78 Å². The number of H-pyrrole nitrogens is 1. The minimum Gasteiger partial charge on any atom is -0.489 e. The molecule has 0 saturated heterocycles. The summed E-state index contributed by atoms with van der Waals surface area (Å²) in [4.78, 5) is 0. The molecule has 9 heteroatoms. The zero-order valence-corrected chi connectivity index (χ0v) is 13.9. The van der Waals surface area contributed by atoms with Crippen LogP contribution in [0.1, 0.15) is 11.3 Å². The Balaban J connectivity index is 1.89. The van der Waals surface area contributed by atoms with E-state index in [1.165, 1.54) is 12.1 Å². The topological polar surface area (TPSA) is 83.8 Å². The van der Waals surface area contributed by atoms with Crippen molar-refractivity contribution in [2.75, 3.05) is 0 Å². The Kier molecular flexibility index (Phi) is 5.29. The van der Waals surface area contributed by atoms with Crippen LogP contribution in [-0.4, -0.2) is 22.0 Å². The average molecular weight is 377 g/mol. The molecule has 1 heterocycles. The normalized spacial score (nSPS) is 10.6. The van der Waals surface area contributed by atoms with Crippen molar-refractivity contribution < 1.29 is 18.3 Å².